The first-order valence-corrected chi connectivity index (χ1v) is 4.07. The van der Waals surface area contributed by atoms with E-state index in [9.17, 15) is 9.59 Å². The smallest absolute Gasteiger partial charge is 0.434 e. The Morgan fingerprint density at radius 3 is 2.15 bits per heavy atom. The van der Waals surface area contributed by atoms with Gasteiger partial charge in [-0.3, -0.25) is 0 Å². The molecule has 0 aromatic carbocycles. The summed E-state index contributed by atoms with van der Waals surface area (Å²) in [5.74, 6) is 0.203. The summed E-state index contributed by atoms with van der Waals surface area (Å²) in [6.45, 7) is 5.74. The van der Waals surface area contributed by atoms with Crippen LogP contribution in [0, 0.1) is 5.92 Å². The average Bonchev–Trinajstić information content (AvgIpc) is 2.01. The van der Waals surface area contributed by atoms with Crippen LogP contribution in [0.25, 0.3) is 0 Å². The SMILES string of the molecule is CCOC(=O)OC(=O)OCC(C)C. The van der Waals surface area contributed by atoms with Crippen molar-refractivity contribution in [3.05, 3.63) is 0 Å². The van der Waals surface area contributed by atoms with E-state index < -0.39 is 12.3 Å². The Bertz CT molecular complexity index is 175. The van der Waals surface area contributed by atoms with Gasteiger partial charge in [0.25, 0.3) is 0 Å². The van der Waals surface area contributed by atoms with Gasteiger partial charge in [-0.1, -0.05) is 13.8 Å². The van der Waals surface area contributed by atoms with Crippen molar-refractivity contribution in [3.63, 3.8) is 0 Å². The second-order valence-corrected chi connectivity index (χ2v) is 2.74. The summed E-state index contributed by atoms with van der Waals surface area (Å²) in [4.78, 5) is 21.2. The van der Waals surface area contributed by atoms with Gasteiger partial charge < -0.3 is 14.2 Å². The monoisotopic (exact) mass is 190 g/mol. The third-order valence-electron chi connectivity index (χ3n) is 0.963. The molecule has 0 saturated carbocycles. The van der Waals surface area contributed by atoms with E-state index in [-0.39, 0.29) is 19.1 Å². The summed E-state index contributed by atoms with van der Waals surface area (Å²) >= 11 is 0. The van der Waals surface area contributed by atoms with E-state index in [1.165, 1.54) is 0 Å². The number of carbonyl (C=O) groups is 2. The van der Waals surface area contributed by atoms with Crippen molar-refractivity contribution in [2.45, 2.75) is 20.8 Å². The van der Waals surface area contributed by atoms with E-state index in [2.05, 4.69) is 14.2 Å². The predicted octanol–water partition coefficient (Wildman–Crippen LogP) is 1.95. The minimum Gasteiger partial charge on any atom is -0.434 e. The molecule has 5 nitrogen and oxygen atoms in total. The molecule has 0 N–H and O–H groups in total. The van der Waals surface area contributed by atoms with Gasteiger partial charge in [-0.05, 0) is 12.8 Å². The summed E-state index contributed by atoms with van der Waals surface area (Å²) in [6.07, 6.45) is -2.05. The lowest BCUT2D eigenvalue weighted by Gasteiger charge is -2.05. The minimum atomic E-state index is -1.03. The fraction of sp³-hybridized carbons (Fsp3) is 0.750. The van der Waals surface area contributed by atoms with Gasteiger partial charge in [0.1, 0.15) is 0 Å². The zero-order valence-corrected chi connectivity index (χ0v) is 8.03. The van der Waals surface area contributed by atoms with Gasteiger partial charge in [-0.15, -0.1) is 0 Å². The Morgan fingerprint density at radius 1 is 1.15 bits per heavy atom. The van der Waals surface area contributed by atoms with Gasteiger partial charge in [0.15, 0.2) is 0 Å². The maximum atomic E-state index is 10.7. The van der Waals surface area contributed by atoms with E-state index in [1.807, 2.05) is 13.8 Å². The van der Waals surface area contributed by atoms with Crippen molar-refractivity contribution in [2.75, 3.05) is 13.2 Å². The summed E-state index contributed by atoms with van der Waals surface area (Å²) < 4.78 is 13.0. The number of hydrogen-bond donors (Lipinski definition) is 0. The van der Waals surface area contributed by atoms with Crippen LogP contribution in [0.4, 0.5) is 9.59 Å². The average molecular weight is 190 g/mol. The fourth-order valence-corrected chi connectivity index (χ4v) is 0.480. The van der Waals surface area contributed by atoms with Crippen molar-refractivity contribution in [2.24, 2.45) is 5.92 Å². The second-order valence-electron chi connectivity index (χ2n) is 2.74. The zero-order chi connectivity index (χ0) is 10.3. The highest BCUT2D eigenvalue weighted by molar-refractivity contribution is 5.76. The van der Waals surface area contributed by atoms with Crippen LogP contribution < -0.4 is 0 Å². The van der Waals surface area contributed by atoms with Crippen LogP contribution in [0.5, 0.6) is 0 Å². The van der Waals surface area contributed by atoms with Gasteiger partial charge in [-0.25, -0.2) is 9.59 Å². The van der Waals surface area contributed by atoms with Crippen LogP contribution in [-0.2, 0) is 14.2 Å². The number of hydrogen-bond acceptors (Lipinski definition) is 5. The molecule has 0 aliphatic rings. The highest BCUT2D eigenvalue weighted by Crippen LogP contribution is 1.96. The first kappa shape index (κ1) is 11.7. The van der Waals surface area contributed by atoms with Crippen molar-refractivity contribution in [1.29, 1.82) is 0 Å². The van der Waals surface area contributed by atoms with Crippen LogP contribution >= 0.6 is 0 Å². The molecule has 0 heterocycles. The lowest BCUT2D eigenvalue weighted by molar-refractivity contribution is 0.0341. The highest BCUT2D eigenvalue weighted by Gasteiger charge is 2.12. The maximum absolute atomic E-state index is 10.7. The van der Waals surface area contributed by atoms with Crippen LogP contribution in [0.15, 0.2) is 0 Å². The molecule has 5 heteroatoms. The summed E-state index contributed by atoms with van der Waals surface area (Å²) in [6, 6.07) is 0. The second kappa shape index (κ2) is 6.28. The molecule has 0 fully saturated rings. The maximum Gasteiger partial charge on any atom is 0.518 e. The number of carbonyl (C=O) groups excluding carboxylic acids is 2. The molecule has 0 bridgehead atoms. The van der Waals surface area contributed by atoms with Crippen LogP contribution in [0.1, 0.15) is 20.8 Å². The van der Waals surface area contributed by atoms with E-state index in [4.69, 9.17) is 0 Å². The highest BCUT2D eigenvalue weighted by atomic mass is 16.8. The largest absolute Gasteiger partial charge is 0.518 e. The number of ether oxygens (including phenoxy) is 3. The summed E-state index contributed by atoms with van der Waals surface area (Å²) in [7, 11) is 0. The van der Waals surface area contributed by atoms with Gasteiger partial charge in [0, 0.05) is 0 Å². The summed E-state index contributed by atoms with van der Waals surface area (Å²) in [5, 5.41) is 0. The number of rotatable bonds is 3. The van der Waals surface area contributed by atoms with Gasteiger partial charge in [0.05, 0.1) is 13.2 Å². The molecular weight excluding hydrogens is 176 g/mol. The van der Waals surface area contributed by atoms with E-state index in [0.29, 0.717) is 0 Å². The molecule has 13 heavy (non-hydrogen) atoms. The van der Waals surface area contributed by atoms with Crippen LogP contribution in [0.2, 0.25) is 0 Å². The van der Waals surface area contributed by atoms with Crippen molar-refractivity contribution < 1.29 is 23.8 Å². The van der Waals surface area contributed by atoms with Gasteiger partial charge in [0.2, 0.25) is 0 Å². The van der Waals surface area contributed by atoms with Gasteiger partial charge in [-0.2, -0.15) is 0 Å². The normalized spacial score (nSPS) is 9.54. The first-order valence-electron chi connectivity index (χ1n) is 4.07. The molecule has 0 rings (SSSR count). The fourth-order valence-electron chi connectivity index (χ4n) is 0.480. The molecule has 0 aliphatic heterocycles. The van der Waals surface area contributed by atoms with Crippen LogP contribution in [-0.4, -0.2) is 25.5 Å². The Morgan fingerprint density at radius 2 is 1.69 bits per heavy atom. The minimum absolute atomic E-state index is 0.163. The molecule has 0 spiro atoms. The lowest BCUT2D eigenvalue weighted by Crippen LogP contribution is -2.17. The van der Waals surface area contributed by atoms with Crippen molar-refractivity contribution in [3.8, 4) is 0 Å². The van der Waals surface area contributed by atoms with Crippen LogP contribution in [0.3, 0.4) is 0 Å². The third kappa shape index (κ3) is 7.11. The molecule has 0 amide bonds. The molecule has 0 saturated heterocycles. The molecule has 76 valence electrons. The zero-order valence-electron chi connectivity index (χ0n) is 8.03. The molecule has 0 unspecified atom stereocenters. The van der Waals surface area contributed by atoms with Gasteiger partial charge >= 0.3 is 12.3 Å². The standard InChI is InChI=1S/C8H14O5/c1-4-11-7(9)13-8(10)12-5-6(2)3/h6H,4-5H2,1-3H3. The molecule has 0 aromatic heterocycles. The molecule has 0 aliphatic carbocycles. The Kier molecular flexibility index (Phi) is 5.67. The Labute approximate surface area is 77.0 Å². The van der Waals surface area contributed by atoms with E-state index in [0.717, 1.165) is 0 Å². The lowest BCUT2D eigenvalue weighted by atomic mass is 10.2. The molecular formula is C8H14O5. The quantitative estimate of drug-likeness (QED) is 0.502. The van der Waals surface area contributed by atoms with E-state index in [1.54, 1.807) is 6.92 Å². The predicted molar refractivity (Wildman–Crippen MR) is 44.3 cm³/mol. The summed E-state index contributed by atoms with van der Waals surface area (Å²) in [5.41, 5.74) is 0. The third-order valence-corrected chi connectivity index (χ3v) is 0.963. The molecule has 0 aromatic rings. The Balaban J connectivity index is 3.56. The molecule has 0 atom stereocenters. The van der Waals surface area contributed by atoms with Crippen molar-refractivity contribution in [1.82, 2.24) is 0 Å². The topological polar surface area (TPSA) is 61.8 Å². The Hall–Kier alpha value is -1.26. The van der Waals surface area contributed by atoms with E-state index >= 15 is 0 Å². The first-order chi connectivity index (χ1) is 6.06. The van der Waals surface area contributed by atoms with Crippen molar-refractivity contribution >= 4 is 12.3 Å². The molecule has 0 radical (unpaired) electrons.